The summed E-state index contributed by atoms with van der Waals surface area (Å²) in [5.41, 5.74) is 0.834. The van der Waals surface area contributed by atoms with Crippen molar-refractivity contribution < 1.29 is 9.53 Å². The van der Waals surface area contributed by atoms with E-state index in [-0.39, 0.29) is 5.97 Å². The fourth-order valence-corrected chi connectivity index (χ4v) is 4.09. The zero-order valence-electron chi connectivity index (χ0n) is 12.2. The van der Waals surface area contributed by atoms with Crippen LogP contribution in [0.1, 0.15) is 53.4 Å². The zero-order chi connectivity index (χ0) is 13.4. The molecule has 3 atom stereocenters. The Hall–Kier alpha value is -0.570. The lowest BCUT2D eigenvalue weighted by molar-refractivity contribution is -0.143. The van der Waals surface area contributed by atoms with Crippen molar-refractivity contribution in [2.45, 2.75) is 59.4 Å². The van der Waals surface area contributed by atoms with Crippen LogP contribution in [0.3, 0.4) is 0 Å². The van der Waals surface area contributed by atoms with Crippen LogP contribution in [0.15, 0.2) is 0 Å². The third-order valence-corrected chi connectivity index (χ3v) is 5.82. The summed E-state index contributed by atoms with van der Waals surface area (Å²) in [6, 6.07) is 0.570. The number of hydrogen-bond donors (Lipinski definition) is 1. The molecule has 0 heterocycles. The first-order valence-electron chi connectivity index (χ1n) is 7.31. The Bertz CT molecular complexity index is 326. The van der Waals surface area contributed by atoms with E-state index in [1.54, 1.807) is 0 Å². The molecule has 0 radical (unpaired) electrons. The number of carbonyl (C=O) groups excluding carboxylic acids is 1. The average Bonchev–Trinajstić information content (AvgIpc) is 2.62. The second kappa shape index (κ2) is 4.84. The maximum absolute atomic E-state index is 11.3. The van der Waals surface area contributed by atoms with E-state index >= 15 is 0 Å². The van der Waals surface area contributed by atoms with E-state index in [0.29, 0.717) is 29.9 Å². The summed E-state index contributed by atoms with van der Waals surface area (Å²) >= 11 is 0. The molecule has 0 amide bonds. The predicted molar refractivity (Wildman–Crippen MR) is 72.3 cm³/mol. The standard InChI is InChI=1S/C15H27NO2/c1-5-18-13(17)7-9-16-12-10-11-6-8-15(12,4)14(11,2)3/h11-12,16H,5-10H2,1-4H3/t11-,12+,15+/m0/s1. The Balaban J connectivity index is 1.84. The highest BCUT2D eigenvalue weighted by molar-refractivity contribution is 5.69. The van der Waals surface area contributed by atoms with Gasteiger partial charge in [0.1, 0.15) is 0 Å². The number of rotatable bonds is 5. The second-order valence-electron chi connectivity index (χ2n) is 6.67. The van der Waals surface area contributed by atoms with Gasteiger partial charge in [0.25, 0.3) is 0 Å². The number of ether oxygens (including phenoxy) is 1. The molecule has 1 N–H and O–H groups in total. The van der Waals surface area contributed by atoms with Crippen LogP contribution in [0.2, 0.25) is 0 Å². The minimum absolute atomic E-state index is 0.0856. The number of nitrogens with one attached hydrogen (secondary N) is 1. The molecule has 0 aromatic carbocycles. The molecule has 2 bridgehead atoms. The van der Waals surface area contributed by atoms with Gasteiger partial charge < -0.3 is 10.1 Å². The lowest BCUT2D eigenvalue weighted by Crippen LogP contribution is -2.45. The largest absolute Gasteiger partial charge is 0.466 e. The summed E-state index contributed by atoms with van der Waals surface area (Å²) in [5, 5.41) is 3.60. The maximum Gasteiger partial charge on any atom is 0.307 e. The first kappa shape index (κ1) is 13.9. The van der Waals surface area contributed by atoms with Crippen molar-refractivity contribution in [2.75, 3.05) is 13.2 Å². The van der Waals surface area contributed by atoms with Gasteiger partial charge in [0.2, 0.25) is 0 Å². The Morgan fingerprint density at radius 3 is 2.61 bits per heavy atom. The molecule has 3 nitrogen and oxygen atoms in total. The summed E-state index contributed by atoms with van der Waals surface area (Å²) in [5.74, 6) is 0.764. The predicted octanol–water partition coefficient (Wildman–Crippen LogP) is 2.74. The van der Waals surface area contributed by atoms with Gasteiger partial charge in [-0.25, -0.2) is 0 Å². The molecule has 0 spiro atoms. The van der Waals surface area contributed by atoms with Gasteiger partial charge in [0.15, 0.2) is 0 Å². The van der Waals surface area contributed by atoms with Crippen LogP contribution < -0.4 is 5.32 Å². The minimum atomic E-state index is -0.0856. The Kier molecular flexibility index (Phi) is 3.72. The molecular weight excluding hydrogens is 226 g/mol. The first-order chi connectivity index (χ1) is 8.41. The van der Waals surface area contributed by atoms with E-state index in [0.717, 1.165) is 12.5 Å². The molecule has 0 aromatic rings. The summed E-state index contributed by atoms with van der Waals surface area (Å²) in [7, 11) is 0. The molecule has 0 saturated heterocycles. The summed E-state index contributed by atoms with van der Waals surface area (Å²) < 4.78 is 4.96. The van der Waals surface area contributed by atoms with Crippen molar-refractivity contribution in [1.29, 1.82) is 0 Å². The van der Waals surface area contributed by atoms with E-state index in [9.17, 15) is 4.79 Å². The molecule has 3 heteroatoms. The van der Waals surface area contributed by atoms with Gasteiger partial charge in [0.05, 0.1) is 13.0 Å². The van der Waals surface area contributed by atoms with Crippen LogP contribution >= 0.6 is 0 Å². The monoisotopic (exact) mass is 253 g/mol. The van der Waals surface area contributed by atoms with Gasteiger partial charge >= 0.3 is 5.97 Å². The van der Waals surface area contributed by atoms with E-state index in [1.165, 1.54) is 19.3 Å². The topological polar surface area (TPSA) is 38.3 Å². The fourth-order valence-electron chi connectivity index (χ4n) is 4.09. The third kappa shape index (κ3) is 2.07. The molecule has 0 aromatic heterocycles. The molecule has 2 saturated carbocycles. The molecule has 2 aliphatic carbocycles. The quantitative estimate of drug-likeness (QED) is 0.766. The number of carbonyl (C=O) groups is 1. The van der Waals surface area contributed by atoms with Crippen molar-refractivity contribution in [2.24, 2.45) is 16.7 Å². The summed E-state index contributed by atoms with van der Waals surface area (Å²) in [6.07, 6.45) is 4.46. The highest BCUT2D eigenvalue weighted by Gasteiger charge is 2.60. The Morgan fingerprint density at radius 1 is 1.39 bits per heavy atom. The lowest BCUT2D eigenvalue weighted by Gasteiger charge is -2.39. The number of esters is 1. The van der Waals surface area contributed by atoms with Gasteiger partial charge in [-0.2, -0.15) is 0 Å². The second-order valence-corrected chi connectivity index (χ2v) is 6.67. The van der Waals surface area contributed by atoms with Crippen molar-refractivity contribution in [1.82, 2.24) is 5.32 Å². The Morgan fingerprint density at radius 2 is 2.11 bits per heavy atom. The summed E-state index contributed by atoms with van der Waals surface area (Å²) in [6.45, 7) is 10.3. The molecule has 0 unspecified atom stereocenters. The molecule has 18 heavy (non-hydrogen) atoms. The highest BCUT2D eigenvalue weighted by Crippen LogP contribution is 2.65. The van der Waals surface area contributed by atoms with Crippen LogP contribution in [-0.4, -0.2) is 25.2 Å². The lowest BCUT2D eigenvalue weighted by atomic mass is 9.69. The molecule has 0 aliphatic heterocycles. The normalized spacial score (nSPS) is 36.9. The van der Waals surface area contributed by atoms with Crippen LogP contribution in [0, 0.1) is 16.7 Å². The zero-order valence-corrected chi connectivity index (χ0v) is 12.2. The van der Waals surface area contributed by atoms with Gasteiger partial charge in [-0.3, -0.25) is 4.79 Å². The Labute approximate surface area is 111 Å². The van der Waals surface area contributed by atoms with E-state index < -0.39 is 0 Å². The van der Waals surface area contributed by atoms with Gasteiger partial charge in [0, 0.05) is 12.6 Å². The van der Waals surface area contributed by atoms with Crippen molar-refractivity contribution in [3.05, 3.63) is 0 Å². The minimum Gasteiger partial charge on any atom is -0.466 e. The van der Waals surface area contributed by atoms with E-state index in [1.807, 2.05) is 6.92 Å². The molecule has 2 aliphatic rings. The fraction of sp³-hybridized carbons (Fsp3) is 0.933. The number of fused-ring (bicyclic) bond motifs is 2. The van der Waals surface area contributed by atoms with Crippen molar-refractivity contribution in [3.63, 3.8) is 0 Å². The highest BCUT2D eigenvalue weighted by atomic mass is 16.5. The van der Waals surface area contributed by atoms with Crippen LogP contribution in [-0.2, 0) is 9.53 Å². The molecule has 2 rings (SSSR count). The molecule has 2 fully saturated rings. The van der Waals surface area contributed by atoms with Crippen molar-refractivity contribution >= 4 is 5.97 Å². The first-order valence-corrected chi connectivity index (χ1v) is 7.31. The van der Waals surface area contributed by atoms with Crippen LogP contribution in [0.25, 0.3) is 0 Å². The van der Waals surface area contributed by atoms with Gasteiger partial charge in [-0.05, 0) is 42.9 Å². The van der Waals surface area contributed by atoms with Crippen molar-refractivity contribution in [3.8, 4) is 0 Å². The summed E-state index contributed by atoms with van der Waals surface area (Å²) in [4.78, 5) is 11.3. The number of hydrogen-bond acceptors (Lipinski definition) is 3. The van der Waals surface area contributed by atoms with E-state index in [4.69, 9.17) is 4.74 Å². The maximum atomic E-state index is 11.3. The molecule has 104 valence electrons. The smallest absolute Gasteiger partial charge is 0.307 e. The van der Waals surface area contributed by atoms with Gasteiger partial charge in [-0.15, -0.1) is 0 Å². The average molecular weight is 253 g/mol. The molecular formula is C15H27NO2. The van der Waals surface area contributed by atoms with Crippen LogP contribution in [0.4, 0.5) is 0 Å². The van der Waals surface area contributed by atoms with Gasteiger partial charge in [-0.1, -0.05) is 20.8 Å². The SMILES string of the molecule is CCOC(=O)CCN[C@@H]1C[C@@H]2CC[C@@]1(C)C2(C)C. The third-order valence-electron chi connectivity index (χ3n) is 5.82. The van der Waals surface area contributed by atoms with Crippen LogP contribution in [0.5, 0.6) is 0 Å². The van der Waals surface area contributed by atoms with E-state index in [2.05, 4.69) is 26.1 Å².